The van der Waals surface area contributed by atoms with E-state index in [0.29, 0.717) is 13.0 Å². The number of hydrogen-bond donors (Lipinski definition) is 1. The summed E-state index contributed by atoms with van der Waals surface area (Å²) in [6.07, 6.45) is 4.42. The van der Waals surface area contributed by atoms with E-state index in [-0.39, 0.29) is 5.97 Å². The van der Waals surface area contributed by atoms with Gasteiger partial charge in [-0.2, -0.15) is 0 Å². The van der Waals surface area contributed by atoms with E-state index in [2.05, 4.69) is 5.16 Å². The molecule has 0 bridgehead atoms. The number of oxime groups is 1. The molecule has 0 heterocycles. The normalized spacial score (nSPS) is 12.5. The van der Waals surface area contributed by atoms with Crippen molar-refractivity contribution in [2.45, 2.75) is 32.6 Å². The maximum absolute atomic E-state index is 11.8. The zero-order valence-electron chi connectivity index (χ0n) is 11.3. The standard InChI is InChI=1S/C15H21NO3/c1-2-3-11-19-15(17)14(12-16-18)10-9-13-7-5-4-6-8-13/h4-8,12,14,18H,2-3,9-11H2,1H3/b16-12-. The van der Waals surface area contributed by atoms with Gasteiger partial charge in [0.15, 0.2) is 0 Å². The van der Waals surface area contributed by atoms with Gasteiger partial charge in [-0.15, -0.1) is 5.16 Å². The summed E-state index contributed by atoms with van der Waals surface area (Å²) in [5.74, 6) is -0.802. The highest BCUT2D eigenvalue weighted by molar-refractivity contribution is 5.89. The van der Waals surface area contributed by atoms with Crippen molar-refractivity contribution in [2.24, 2.45) is 11.1 Å². The van der Waals surface area contributed by atoms with Crippen LogP contribution in [0, 0.1) is 5.92 Å². The fourth-order valence-electron chi connectivity index (χ4n) is 1.72. The Balaban J connectivity index is 2.46. The number of nitrogens with zero attached hydrogens (tertiary/aromatic N) is 1. The highest BCUT2D eigenvalue weighted by Gasteiger charge is 2.18. The summed E-state index contributed by atoms with van der Waals surface area (Å²) in [4.78, 5) is 11.8. The molecule has 0 aliphatic carbocycles. The summed E-state index contributed by atoms with van der Waals surface area (Å²) in [6, 6.07) is 9.90. The van der Waals surface area contributed by atoms with Crippen LogP contribution in [0.2, 0.25) is 0 Å². The first kappa shape index (κ1) is 15.2. The Morgan fingerprint density at radius 3 is 2.79 bits per heavy atom. The molecule has 0 aliphatic rings. The van der Waals surface area contributed by atoms with Gasteiger partial charge in [-0.1, -0.05) is 43.7 Å². The number of carbonyl (C=O) groups excluding carboxylic acids is 1. The number of benzene rings is 1. The number of hydrogen-bond acceptors (Lipinski definition) is 4. The Morgan fingerprint density at radius 2 is 2.16 bits per heavy atom. The lowest BCUT2D eigenvalue weighted by atomic mass is 10.0. The molecule has 0 saturated carbocycles. The monoisotopic (exact) mass is 263 g/mol. The molecule has 0 saturated heterocycles. The average Bonchev–Trinajstić information content (AvgIpc) is 2.44. The number of carbonyl (C=O) groups is 1. The molecule has 0 radical (unpaired) electrons. The molecule has 0 amide bonds. The minimum absolute atomic E-state index is 0.317. The second kappa shape index (κ2) is 9.14. The lowest BCUT2D eigenvalue weighted by Gasteiger charge is -2.11. The van der Waals surface area contributed by atoms with Crippen LogP contribution in [-0.2, 0) is 16.0 Å². The van der Waals surface area contributed by atoms with Gasteiger partial charge in [-0.3, -0.25) is 4.79 Å². The first-order valence-electron chi connectivity index (χ1n) is 6.66. The van der Waals surface area contributed by atoms with Crippen LogP contribution in [0.5, 0.6) is 0 Å². The molecule has 4 nitrogen and oxygen atoms in total. The van der Waals surface area contributed by atoms with Crippen LogP contribution in [-0.4, -0.2) is 24.0 Å². The van der Waals surface area contributed by atoms with E-state index in [1.165, 1.54) is 6.21 Å². The van der Waals surface area contributed by atoms with Gasteiger partial charge in [-0.05, 0) is 24.8 Å². The third-order valence-corrected chi connectivity index (χ3v) is 2.88. The summed E-state index contributed by atoms with van der Waals surface area (Å²) >= 11 is 0. The van der Waals surface area contributed by atoms with Gasteiger partial charge in [0.05, 0.1) is 18.7 Å². The highest BCUT2D eigenvalue weighted by Crippen LogP contribution is 2.10. The van der Waals surface area contributed by atoms with E-state index >= 15 is 0 Å². The summed E-state index contributed by atoms with van der Waals surface area (Å²) in [7, 11) is 0. The Hall–Kier alpha value is -1.84. The van der Waals surface area contributed by atoms with Crippen molar-refractivity contribution in [3.63, 3.8) is 0 Å². The predicted molar refractivity (Wildman–Crippen MR) is 74.4 cm³/mol. The number of aryl methyl sites for hydroxylation is 1. The van der Waals surface area contributed by atoms with Crippen LogP contribution >= 0.6 is 0 Å². The fourth-order valence-corrected chi connectivity index (χ4v) is 1.72. The number of esters is 1. The van der Waals surface area contributed by atoms with Crippen LogP contribution in [0.1, 0.15) is 31.7 Å². The number of ether oxygens (including phenoxy) is 1. The quantitative estimate of drug-likeness (QED) is 0.258. The van der Waals surface area contributed by atoms with Crippen LogP contribution in [0.4, 0.5) is 0 Å². The van der Waals surface area contributed by atoms with Gasteiger partial charge in [0.1, 0.15) is 0 Å². The summed E-state index contributed by atoms with van der Waals surface area (Å²) in [6.45, 7) is 2.46. The molecule has 104 valence electrons. The van der Waals surface area contributed by atoms with E-state index in [4.69, 9.17) is 9.94 Å². The molecule has 1 unspecified atom stereocenters. The SMILES string of the molecule is CCCCOC(=O)C(/C=N\O)CCc1ccccc1. The van der Waals surface area contributed by atoms with Crippen LogP contribution in [0.3, 0.4) is 0 Å². The van der Waals surface area contributed by atoms with Crippen molar-refractivity contribution in [2.75, 3.05) is 6.61 Å². The maximum atomic E-state index is 11.8. The second-order valence-electron chi connectivity index (χ2n) is 4.42. The maximum Gasteiger partial charge on any atom is 0.314 e. The molecule has 0 aliphatic heterocycles. The van der Waals surface area contributed by atoms with Gasteiger partial charge in [0.25, 0.3) is 0 Å². The summed E-state index contributed by atoms with van der Waals surface area (Å²) in [5, 5.41) is 11.6. The van der Waals surface area contributed by atoms with Crippen molar-refractivity contribution >= 4 is 12.2 Å². The van der Waals surface area contributed by atoms with E-state index in [0.717, 1.165) is 24.8 Å². The summed E-state index contributed by atoms with van der Waals surface area (Å²) < 4.78 is 5.14. The first-order chi connectivity index (χ1) is 9.27. The topological polar surface area (TPSA) is 58.9 Å². The molecule has 0 spiro atoms. The minimum Gasteiger partial charge on any atom is -0.465 e. The van der Waals surface area contributed by atoms with E-state index in [1.54, 1.807) is 0 Å². The largest absolute Gasteiger partial charge is 0.465 e. The Morgan fingerprint density at radius 1 is 1.42 bits per heavy atom. The zero-order valence-corrected chi connectivity index (χ0v) is 11.3. The van der Waals surface area contributed by atoms with Crippen molar-refractivity contribution in [1.29, 1.82) is 0 Å². The van der Waals surface area contributed by atoms with Crippen molar-refractivity contribution < 1.29 is 14.7 Å². The van der Waals surface area contributed by atoms with E-state index in [9.17, 15) is 4.79 Å². The van der Waals surface area contributed by atoms with Gasteiger partial charge < -0.3 is 9.94 Å². The Labute approximate surface area is 114 Å². The molecule has 0 aromatic heterocycles. The third-order valence-electron chi connectivity index (χ3n) is 2.88. The lowest BCUT2D eigenvalue weighted by molar-refractivity contribution is -0.146. The lowest BCUT2D eigenvalue weighted by Crippen LogP contribution is -2.20. The van der Waals surface area contributed by atoms with E-state index in [1.807, 2.05) is 37.3 Å². The molecule has 1 atom stereocenters. The molecule has 4 heteroatoms. The molecule has 1 N–H and O–H groups in total. The van der Waals surface area contributed by atoms with Gasteiger partial charge in [-0.25, -0.2) is 0 Å². The van der Waals surface area contributed by atoms with Gasteiger partial charge >= 0.3 is 5.97 Å². The summed E-state index contributed by atoms with van der Waals surface area (Å²) in [5.41, 5.74) is 1.15. The predicted octanol–water partition coefficient (Wildman–Crippen LogP) is 3.04. The molecule has 19 heavy (non-hydrogen) atoms. The van der Waals surface area contributed by atoms with Gasteiger partial charge in [0, 0.05) is 0 Å². The van der Waals surface area contributed by atoms with Crippen molar-refractivity contribution in [1.82, 2.24) is 0 Å². The second-order valence-corrected chi connectivity index (χ2v) is 4.42. The number of unbranched alkanes of at least 4 members (excludes halogenated alkanes) is 1. The average molecular weight is 263 g/mol. The molecule has 0 fully saturated rings. The third kappa shape index (κ3) is 6.04. The zero-order chi connectivity index (χ0) is 13.9. The van der Waals surface area contributed by atoms with Crippen molar-refractivity contribution in [3.05, 3.63) is 35.9 Å². The van der Waals surface area contributed by atoms with Gasteiger partial charge in [0.2, 0.25) is 0 Å². The van der Waals surface area contributed by atoms with Crippen LogP contribution in [0.15, 0.2) is 35.5 Å². The van der Waals surface area contributed by atoms with Crippen LogP contribution in [0.25, 0.3) is 0 Å². The fraction of sp³-hybridized carbons (Fsp3) is 0.467. The molecule has 1 aromatic carbocycles. The Bertz CT molecular complexity index is 390. The highest BCUT2D eigenvalue weighted by atomic mass is 16.5. The van der Waals surface area contributed by atoms with E-state index < -0.39 is 5.92 Å². The molecular formula is C15H21NO3. The number of rotatable bonds is 8. The molecule has 1 aromatic rings. The minimum atomic E-state index is -0.484. The Kier molecular flexibility index (Phi) is 7.32. The first-order valence-corrected chi connectivity index (χ1v) is 6.66. The molecular weight excluding hydrogens is 242 g/mol. The van der Waals surface area contributed by atoms with Crippen LogP contribution < -0.4 is 0 Å². The molecule has 1 rings (SSSR count). The van der Waals surface area contributed by atoms with Crippen molar-refractivity contribution in [3.8, 4) is 0 Å². The smallest absolute Gasteiger partial charge is 0.314 e.